The van der Waals surface area contributed by atoms with Crippen LogP contribution in [0, 0.1) is 0 Å². The summed E-state index contributed by atoms with van der Waals surface area (Å²) < 4.78 is 11.2. The molecule has 1 saturated heterocycles. The summed E-state index contributed by atoms with van der Waals surface area (Å²) >= 11 is 5.99. The Kier molecular flexibility index (Phi) is 4.69. The average molecular weight is 350 g/mol. The van der Waals surface area contributed by atoms with Gasteiger partial charge in [-0.3, -0.25) is 0 Å². The Morgan fingerprint density at radius 1 is 1.21 bits per heavy atom. The number of benzene rings is 1. The molecule has 2 N–H and O–H groups in total. The average Bonchev–Trinajstić information content (AvgIpc) is 3.07. The van der Waals surface area contributed by atoms with E-state index in [1.165, 1.54) is 0 Å². The highest BCUT2D eigenvalue weighted by molar-refractivity contribution is 6.30. The van der Waals surface area contributed by atoms with Crippen molar-refractivity contribution in [3.63, 3.8) is 0 Å². The maximum atomic E-state index is 6.28. The zero-order valence-corrected chi connectivity index (χ0v) is 15.1. The lowest BCUT2D eigenvalue weighted by molar-refractivity contribution is 0.0290. The Morgan fingerprint density at radius 2 is 1.83 bits per heavy atom. The first kappa shape index (κ1) is 17.4. The van der Waals surface area contributed by atoms with Crippen molar-refractivity contribution in [2.24, 2.45) is 5.73 Å². The van der Waals surface area contributed by atoms with Crippen molar-refractivity contribution >= 4 is 11.6 Å². The molecule has 0 saturated carbocycles. The van der Waals surface area contributed by atoms with E-state index in [1.54, 1.807) is 0 Å². The molecule has 6 heteroatoms. The molecule has 2 aromatic rings. The molecule has 1 fully saturated rings. The van der Waals surface area contributed by atoms with Crippen molar-refractivity contribution in [3.8, 4) is 0 Å². The van der Waals surface area contributed by atoms with E-state index in [0.29, 0.717) is 30.0 Å². The summed E-state index contributed by atoms with van der Waals surface area (Å²) in [5.41, 5.74) is 6.68. The normalized spacial score (nSPS) is 19.2. The highest BCUT2D eigenvalue weighted by Crippen LogP contribution is 2.38. The molecule has 0 amide bonds. The SMILES string of the molecule is C[C@H](N)C1(c2nc(C(C)(C)c3ccc(Cl)cc3)no2)CCOCC1. The second-order valence-corrected chi connectivity index (χ2v) is 7.55. The van der Waals surface area contributed by atoms with Crippen molar-refractivity contribution in [3.05, 3.63) is 46.6 Å². The van der Waals surface area contributed by atoms with Crippen LogP contribution in [0.4, 0.5) is 0 Å². The third-order valence-electron chi connectivity index (χ3n) is 5.23. The molecule has 2 heterocycles. The quantitative estimate of drug-likeness (QED) is 0.915. The van der Waals surface area contributed by atoms with Crippen LogP contribution in [-0.2, 0) is 15.6 Å². The molecular weight excluding hydrogens is 326 g/mol. The van der Waals surface area contributed by atoms with Gasteiger partial charge in [-0.05, 0) is 51.3 Å². The lowest BCUT2D eigenvalue weighted by Crippen LogP contribution is -2.47. The minimum Gasteiger partial charge on any atom is -0.381 e. The van der Waals surface area contributed by atoms with Crippen LogP contribution in [0.1, 0.15) is 50.9 Å². The molecule has 130 valence electrons. The van der Waals surface area contributed by atoms with E-state index >= 15 is 0 Å². The fourth-order valence-corrected chi connectivity index (χ4v) is 3.40. The van der Waals surface area contributed by atoms with Crippen LogP contribution in [0.5, 0.6) is 0 Å². The van der Waals surface area contributed by atoms with E-state index < -0.39 is 0 Å². The van der Waals surface area contributed by atoms with E-state index in [4.69, 9.17) is 31.6 Å². The lowest BCUT2D eigenvalue weighted by Gasteiger charge is -2.37. The molecule has 0 radical (unpaired) electrons. The molecular formula is C18H24ClN3O2. The van der Waals surface area contributed by atoms with Crippen molar-refractivity contribution < 1.29 is 9.26 Å². The number of rotatable bonds is 4. The monoisotopic (exact) mass is 349 g/mol. The first-order chi connectivity index (χ1) is 11.4. The molecule has 24 heavy (non-hydrogen) atoms. The summed E-state index contributed by atoms with van der Waals surface area (Å²) in [5.74, 6) is 1.28. The molecule has 1 aromatic carbocycles. The van der Waals surface area contributed by atoms with Crippen LogP contribution >= 0.6 is 11.6 Å². The van der Waals surface area contributed by atoms with Gasteiger partial charge in [-0.1, -0.05) is 28.9 Å². The minimum atomic E-state index is -0.378. The zero-order valence-electron chi connectivity index (χ0n) is 14.4. The molecule has 0 bridgehead atoms. The van der Waals surface area contributed by atoms with Gasteiger partial charge < -0.3 is 15.0 Å². The summed E-state index contributed by atoms with van der Waals surface area (Å²) in [7, 11) is 0. The molecule has 5 nitrogen and oxygen atoms in total. The number of aromatic nitrogens is 2. The summed E-state index contributed by atoms with van der Waals surface area (Å²) in [5, 5.41) is 4.98. The fraction of sp³-hybridized carbons (Fsp3) is 0.556. The van der Waals surface area contributed by atoms with Gasteiger partial charge in [0.15, 0.2) is 5.82 Å². The molecule has 1 atom stereocenters. The van der Waals surface area contributed by atoms with Gasteiger partial charge in [0.25, 0.3) is 0 Å². The van der Waals surface area contributed by atoms with E-state index in [2.05, 4.69) is 19.0 Å². The number of hydrogen-bond donors (Lipinski definition) is 1. The van der Waals surface area contributed by atoms with E-state index in [9.17, 15) is 0 Å². The molecule has 3 rings (SSSR count). The third-order valence-corrected chi connectivity index (χ3v) is 5.49. The molecule has 0 spiro atoms. The predicted octanol–water partition coefficient (Wildman–Crippen LogP) is 3.44. The Bertz CT molecular complexity index is 689. The van der Waals surface area contributed by atoms with Gasteiger partial charge >= 0.3 is 0 Å². The molecule has 1 aliphatic rings. The van der Waals surface area contributed by atoms with Crippen LogP contribution in [0.15, 0.2) is 28.8 Å². The van der Waals surface area contributed by atoms with E-state index in [-0.39, 0.29) is 16.9 Å². The summed E-state index contributed by atoms with van der Waals surface area (Å²) in [6, 6.07) is 7.67. The lowest BCUT2D eigenvalue weighted by atomic mass is 9.74. The van der Waals surface area contributed by atoms with Crippen molar-refractivity contribution in [1.29, 1.82) is 0 Å². The van der Waals surface area contributed by atoms with Crippen LogP contribution in [0.2, 0.25) is 5.02 Å². The third kappa shape index (κ3) is 2.96. The maximum absolute atomic E-state index is 6.28. The Hall–Kier alpha value is -1.43. The van der Waals surface area contributed by atoms with Gasteiger partial charge in [-0.15, -0.1) is 0 Å². The standard InChI is InChI=1S/C18H24ClN3O2/c1-12(20)18(8-10-23-11-9-18)16-21-15(22-24-16)17(2,3)13-4-6-14(19)7-5-13/h4-7,12H,8-11,20H2,1-3H3/t12-/m0/s1. The number of hydrogen-bond acceptors (Lipinski definition) is 5. The Morgan fingerprint density at radius 3 is 2.42 bits per heavy atom. The summed E-state index contributed by atoms with van der Waals surface area (Å²) in [6.45, 7) is 7.49. The van der Waals surface area contributed by atoms with Gasteiger partial charge in [0.05, 0.1) is 10.8 Å². The second kappa shape index (κ2) is 6.47. The second-order valence-electron chi connectivity index (χ2n) is 7.11. The van der Waals surface area contributed by atoms with Crippen molar-refractivity contribution in [1.82, 2.24) is 10.1 Å². The topological polar surface area (TPSA) is 74.2 Å². The highest BCUT2D eigenvalue weighted by atomic mass is 35.5. The van der Waals surface area contributed by atoms with Crippen LogP contribution in [0.3, 0.4) is 0 Å². The molecule has 0 aliphatic carbocycles. The van der Waals surface area contributed by atoms with Crippen LogP contribution in [-0.4, -0.2) is 29.4 Å². The number of ether oxygens (including phenoxy) is 1. The summed E-state index contributed by atoms with van der Waals surface area (Å²) in [6.07, 6.45) is 1.60. The summed E-state index contributed by atoms with van der Waals surface area (Å²) in [4.78, 5) is 4.75. The van der Waals surface area contributed by atoms with E-state index in [1.807, 2.05) is 31.2 Å². The van der Waals surface area contributed by atoms with Gasteiger partial charge in [-0.25, -0.2) is 0 Å². The van der Waals surface area contributed by atoms with E-state index in [0.717, 1.165) is 18.4 Å². The largest absolute Gasteiger partial charge is 0.381 e. The van der Waals surface area contributed by atoms with Crippen LogP contribution < -0.4 is 5.73 Å². The van der Waals surface area contributed by atoms with Crippen molar-refractivity contribution in [2.45, 2.75) is 50.5 Å². The first-order valence-corrected chi connectivity index (χ1v) is 8.68. The Labute approximate surface area is 147 Å². The maximum Gasteiger partial charge on any atom is 0.234 e. The zero-order chi connectivity index (χ0) is 17.4. The minimum absolute atomic E-state index is 0.0756. The fourth-order valence-electron chi connectivity index (χ4n) is 3.27. The number of nitrogens with zero attached hydrogens (tertiary/aromatic N) is 2. The van der Waals surface area contributed by atoms with Gasteiger partial charge in [-0.2, -0.15) is 4.98 Å². The first-order valence-electron chi connectivity index (χ1n) is 8.30. The predicted molar refractivity (Wildman–Crippen MR) is 93.3 cm³/mol. The number of nitrogens with two attached hydrogens (primary N) is 1. The Balaban J connectivity index is 1.95. The van der Waals surface area contributed by atoms with Gasteiger partial charge in [0, 0.05) is 24.3 Å². The van der Waals surface area contributed by atoms with Gasteiger partial charge in [0.1, 0.15) is 0 Å². The van der Waals surface area contributed by atoms with Gasteiger partial charge in [0.2, 0.25) is 5.89 Å². The van der Waals surface area contributed by atoms with Crippen LogP contribution in [0.25, 0.3) is 0 Å². The van der Waals surface area contributed by atoms with Crippen molar-refractivity contribution in [2.75, 3.05) is 13.2 Å². The smallest absolute Gasteiger partial charge is 0.234 e. The molecule has 1 aromatic heterocycles. The number of halogens is 1. The highest BCUT2D eigenvalue weighted by Gasteiger charge is 2.44. The molecule has 1 aliphatic heterocycles. The molecule has 0 unspecified atom stereocenters.